The molecule has 0 aromatic heterocycles. The van der Waals surface area contributed by atoms with E-state index in [0.29, 0.717) is 12.8 Å². The molecule has 1 aromatic carbocycles. The topological polar surface area (TPSA) is 39.7 Å². The Hall–Kier alpha value is -1.42. The summed E-state index contributed by atoms with van der Waals surface area (Å²) in [6.45, 7) is 7.75. The van der Waals surface area contributed by atoms with Crippen molar-refractivity contribution in [2.24, 2.45) is 0 Å². The molecule has 1 N–H and O–H groups in total. The van der Waals surface area contributed by atoms with Crippen LogP contribution in [-0.2, 0) is 0 Å². The van der Waals surface area contributed by atoms with E-state index in [1.54, 1.807) is 0 Å². The molecule has 0 fully saturated rings. The molecular formula is C15H23NO3. The van der Waals surface area contributed by atoms with E-state index in [1.807, 2.05) is 18.2 Å². The van der Waals surface area contributed by atoms with Gasteiger partial charge < -0.3 is 19.5 Å². The summed E-state index contributed by atoms with van der Waals surface area (Å²) >= 11 is 0. The number of benzene rings is 1. The Kier molecular flexibility index (Phi) is 4.91. The molecular weight excluding hydrogens is 242 g/mol. The Labute approximate surface area is 115 Å². The first-order valence-electron chi connectivity index (χ1n) is 6.95. The van der Waals surface area contributed by atoms with E-state index in [4.69, 9.17) is 14.2 Å². The van der Waals surface area contributed by atoms with Gasteiger partial charge in [0.05, 0.1) is 6.10 Å². The van der Waals surface area contributed by atoms with E-state index in [0.717, 1.165) is 36.6 Å². The monoisotopic (exact) mass is 265 g/mol. The number of rotatable bonds is 7. The standard InChI is InChI=1S/C15H23NO3/c1-11(2)16-8-4-5-12(3)19-13-6-7-14-15(9-13)18-10-17-14/h6-7,9,11-12,16H,4-5,8,10H2,1-3H3. The largest absolute Gasteiger partial charge is 0.491 e. The Morgan fingerprint density at radius 3 is 2.79 bits per heavy atom. The van der Waals surface area contributed by atoms with Crippen LogP contribution in [0.4, 0.5) is 0 Å². The third kappa shape index (κ3) is 4.31. The maximum atomic E-state index is 5.88. The number of hydrogen-bond donors (Lipinski definition) is 1. The maximum Gasteiger partial charge on any atom is 0.231 e. The van der Waals surface area contributed by atoms with Crippen LogP contribution in [0.2, 0.25) is 0 Å². The molecule has 0 saturated heterocycles. The predicted molar refractivity (Wildman–Crippen MR) is 75.0 cm³/mol. The third-order valence-electron chi connectivity index (χ3n) is 3.02. The highest BCUT2D eigenvalue weighted by Crippen LogP contribution is 2.35. The summed E-state index contributed by atoms with van der Waals surface area (Å²) in [6, 6.07) is 6.26. The minimum absolute atomic E-state index is 0.203. The van der Waals surface area contributed by atoms with Crippen LogP contribution >= 0.6 is 0 Å². The normalized spacial score (nSPS) is 14.7. The van der Waals surface area contributed by atoms with Gasteiger partial charge in [-0.15, -0.1) is 0 Å². The summed E-state index contributed by atoms with van der Waals surface area (Å²) in [7, 11) is 0. The van der Waals surface area contributed by atoms with Crippen LogP contribution in [0.1, 0.15) is 33.6 Å². The van der Waals surface area contributed by atoms with E-state index in [2.05, 4.69) is 26.1 Å². The van der Waals surface area contributed by atoms with Crippen molar-refractivity contribution in [3.05, 3.63) is 18.2 Å². The number of nitrogens with one attached hydrogen (secondary N) is 1. The van der Waals surface area contributed by atoms with Gasteiger partial charge in [0, 0.05) is 12.1 Å². The zero-order valence-corrected chi connectivity index (χ0v) is 11.9. The van der Waals surface area contributed by atoms with Crippen LogP contribution in [0, 0.1) is 0 Å². The first kappa shape index (κ1) is 14.0. The molecule has 0 spiro atoms. The van der Waals surface area contributed by atoms with Crippen molar-refractivity contribution in [3.8, 4) is 17.2 Å². The van der Waals surface area contributed by atoms with E-state index in [-0.39, 0.29) is 6.10 Å². The van der Waals surface area contributed by atoms with Crippen LogP contribution in [0.15, 0.2) is 18.2 Å². The minimum atomic E-state index is 0.203. The molecule has 1 aromatic rings. The summed E-state index contributed by atoms with van der Waals surface area (Å²) in [5.74, 6) is 2.40. The first-order valence-corrected chi connectivity index (χ1v) is 6.95. The molecule has 0 amide bonds. The summed E-state index contributed by atoms with van der Waals surface area (Å²) in [5.41, 5.74) is 0. The molecule has 106 valence electrons. The second kappa shape index (κ2) is 6.66. The molecule has 1 atom stereocenters. The SMILES string of the molecule is CC(C)NCCCC(C)Oc1ccc2c(c1)OCO2. The van der Waals surface area contributed by atoms with Crippen LogP contribution < -0.4 is 19.5 Å². The Morgan fingerprint density at radius 2 is 2.00 bits per heavy atom. The molecule has 0 saturated carbocycles. The fourth-order valence-electron chi connectivity index (χ4n) is 2.02. The zero-order valence-electron chi connectivity index (χ0n) is 11.9. The number of fused-ring (bicyclic) bond motifs is 1. The number of ether oxygens (including phenoxy) is 3. The smallest absolute Gasteiger partial charge is 0.231 e. The summed E-state index contributed by atoms with van der Waals surface area (Å²) in [6.07, 6.45) is 2.35. The lowest BCUT2D eigenvalue weighted by atomic mass is 10.2. The lowest BCUT2D eigenvalue weighted by Crippen LogP contribution is -2.25. The van der Waals surface area contributed by atoms with Crippen LogP contribution in [0.25, 0.3) is 0 Å². The Bertz CT molecular complexity index is 406. The molecule has 0 radical (unpaired) electrons. The van der Waals surface area contributed by atoms with Crippen LogP contribution in [0.3, 0.4) is 0 Å². The lowest BCUT2D eigenvalue weighted by molar-refractivity contribution is 0.173. The quantitative estimate of drug-likeness (QED) is 0.769. The van der Waals surface area contributed by atoms with E-state index in [9.17, 15) is 0 Å². The van der Waals surface area contributed by atoms with Gasteiger partial charge in [0.15, 0.2) is 11.5 Å². The van der Waals surface area contributed by atoms with Crippen molar-refractivity contribution in [1.29, 1.82) is 0 Å². The molecule has 0 aliphatic carbocycles. The molecule has 1 heterocycles. The van der Waals surface area contributed by atoms with Gasteiger partial charge in [0.1, 0.15) is 5.75 Å². The van der Waals surface area contributed by atoms with Crippen molar-refractivity contribution >= 4 is 0 Å². The lowest BCUT2D eigenvalue weighted by Gasteiger charge is -2.15. The molecule has 4 nitrogen and oxygen atoms in total. The van der Waals surface area contributed by atoms with Gasteiger partial charge >= 0.3 is 0 Å². The fraction of sp³-hybridized carbons (Fsp3) is 0.600. The highest BCUT2D eigenvalue weighted by Gasteiger charge is 2.14. The van der Waals surface area contributed by atoms with E-state index in [1.165, 1.54) is 0 Å². The van der Waals surface area contributed by atoms with Crippen molar-refractivity contribution in [1.82, 2.24) is 5.32 Å². The average Bonchev–Trinajstić information content (AvgIpc) is 2.82. The van der Waals surface area contributed by atoms with Gasteiger partial charge in [-0.05, 0) is 38.4 Å². The van der Waals surface area contributed by atoms with Gasteiger partial charge in [-0.1, -0.05) is 13.8 Å². The molecule has 4 heteroatoms. The van der Waals surface area contributed by atoms with Crippen LogP contribution in [0.5, 0.6) is 17.2 Å². The van der Waals surface area contributed by atoms with Crippen molar-refractivity contribution < 1.29 is 14.2 Å². The summed E-state index contributed by atoms with van der Waals surface area (Å²) in [4.78, 5) is 0. The highest BCUT2D eigenvalue weighted by atomic mass is 16.7. The van der Waals surface area contributed by atoms with Gasteiger partial charge in [0.25, 0.3) is 0 Å². The molecule has 2 rings (SSSR count). The maximum absolute atomic E-state index is 5.88. The zero-order chi connectivity index (χ0) is 13.7. The summed E-state index contributed by atoms with van der Waals surface area (Å²) in [5, 5.41) is 3.41. The number of hydrogen-bond acceptors (Lipinski definition) is 4. The molecule has 19 heavy (non-hydrogen) atoms. The third-order valence-corrected chi connectivity index (χ3v) is 3.02. The van der Waals surface area contributed by atoms with E-state index >= 15 is 0 Å². The Balaban J connectivity index is 1.74. The second-order valence-electron chi connectivity index (χ2n) is 5.19. The first-order chi connectivity index (χ1) is 9.15. The van der Waals surface area contributed by atoms with Gasteiger partial charge in [-0.2, -0.15) is 0 Å². The summed E-state index contributed by atoms with van der Waals surface area (Å²) < 4.78 is 16.5. The van der Waals surface area contributed by atoms with Crippen LogP contribution in [-0.4, -0.2) is 25.5 Å². The Morgan fingerprint density at radius 1 is 1.21 bits per heavy atom. The minimum Gasteiger partial charge on any atom is -0.491 e. The fourth-order valence-corrected chi connectivity index (χ4v) is 2.02. The molecule has 1 aliphatic heterocycles. The molecule has 1 unspecified atom stereocenters. The highest BCUT2D eigenvalue weighted by molar-refractivity contribution is 5.46. The second-order valence-corrected chi connectivity index (χ2v) is 5.19. The van der Waals surface area contributed by atoms with Crippen molar-refractivity contribution in [3.63, 3.8) is 0 Å². The average molecular weight is 265 g/mol. The van der Waals surface area contributed by atoms with Crippen molar-refractivity contribution in [2.45, 2.75) is 45.8 Å². The van der Waals surface area contributed by atoms with Gasteiger partial charge in [0.2, 0.25) is 6.79 Å². The predicted octanol–water partition coefficient (Wildman–Crippen LogP) is 2.96. The molecule has 1 aliphatic rings. The molecule has 0 bridgehead atoms. The van der Waals surface area contributed by atoms with E-state index < -0.39 is 0 Å². The van der Waals surface area contributed by atoms with Crippen molar-refractivity contribution in [2.75, 3.05) is 13.3 Å². The van der Waals surface area contributed by atoms with Gasteiger partial charge in [-0.3, -0.25) is 0 Å². The van der Waals surface area contributed by atoms with Gasteiger partial charge in [-0.25, -0.2) is 0 Å².